The van der Waals surface area contributed by atoms with Gasteiger partial charge in [0.25, 0.3) is 5.56 Å². The number of hydrogen-bond acceptors (Lipinski definition) is 4. The molecule has 2 aromatic rings. The Kier molecular flexibility index (Phi) is 5.62. The van der Waals surface area contributed by atoms with E-state index in [1.54, 1.807) is 0 Å². The Labute approximate surface area is 135 Å². The van der Waals surface area contributed by atoms with E-state index in [-0.39, 0.29) is 36.0 Å². The molecule has 0 aliphatic heterocycles. The zero-order valence-electron chi connectivity index (χ0n) is 13.7. The fraction of sp³-hybridized carbons (Fsp3) is 0.412. The van der Waals surface area contributed by atoms with Gasteiger partial charge in [-0.3, -0.25) is 9.59 Å². The predicted octanol–water partition coefficient (Wildman–Crippen LogP) is 1.99. The average molecular weight is 314 g/mol. The van der Waals surface area contributed by atoms with E-state index in [0.29, 0.717) is 5.82 Å². The number of nitrogens with zero attached hydrogens (tertiary/aromatic N) is 2. The maximum Gasteiger partial charge on any atom is 0.273 e. The van der Waals surface area contributed by atoms with E-state index >= 15 is 0 Å². The summed E-state index contributed by atoms with van der Waals surface area (Å²) in [4.78, 5) is 26.6. The van der Waals surface area contributed by atoms with E-state index in [9.17, 15) is 9.59 Å². The number of amides is 1. The Hall–Kier alpha value is -2.50. The first-order valence-corrected chi connectivity index (χ1v) is 7.82. The number of hydrogen-bond donors (Lipinski definition) is 2. The number of aryl methyl sites for hydroxylation is 2. The Balaban J connectivity index is 2.05. The van der Waals surface area contributed by atoms with E-state index in [1.165, 1.54) is 0 Å². The van der Waals surface area contributed by atoms with E-state index in [0.717, 1.165) is 17.5 Å². The van der Waals surface area contributed by atoms with Gasteiger partial charge in [0.05, 0.1) is 0 Å². The molecule has 0 bridgehead atoms. The fourth-order valence-electron chi connectivity index (χ4n) is 2.13. The molecule has 0 saturated heterocycles. The summed E-state index contributed by atoms with van der Waals surface area (Å²) in [7, 11) is 0. The molecule has 6 nitrogen and oxygen atoms in total. The molecule has 1 atom stereocenters. The minimum Gasteiger partial charge on any atom is -0.354 e. The van der Waals surface area contributed by atoms with Crippen LogP contribution in [0.2, 0.25) is 0 Å². The third-order valence-electron chi connectivity index (χ3n) is 3.66. The van der Waals surface area contributed by atoms with Crippen LogP contribution in [0.5, 0.6) is 0 Å². The van der Waals surface area contributed by atoms with Crippen LogP contribution in [0.25, 0.3) is 11.4 Å². The first-order chi connectivity index (χ1) is 11.0. The maximum atomic E-state index is 12.1. The summed E-state index contributed by atoms with van der Waals surface area (Å²) in [5, 5.41) is 10.9. The normalized spacial score (nSPS) is 12.0. The smallest absolute Gasteiger partial charge is 0.273 e. The summed E-state index contributed by atoms with van der Waals surface area (Å²) < 4.78 is 0. The lowest BCUT2D eigenvalue weighted by atomic mass is 10.1. The molecule has 0 radical (unpaired) electrons. The molecule has 2 rings (SSSR count). The van der Waals surface area contributed by atoms with Crippen LogP contribution in [0.1, 0.15) is 37.9 Å². The van der Waals surface area contributed by atoms with Crippen molar-refractivity contribution in [3.63, 3.8) is 0 Å². The van der Waals surface area contributed by atoms with E-state index in [1.807, 2.05) is 45.0 Å². The average Bonchev–Trinajstić information content (AvgIpc) is 2.53. The zero-order valence-corrected chi connectivity index (χ0v) is 13.7. The molecular weight excluding hydrogens is 292 g/mol. The predicted molar refractivity (Wildman–Crippen MR) is 89.0 cm³/mol. The minimum atomic E-state index is -0.298. The molecule has 0 fully saturated rings. The van der Waals surface area contributed by atoms with Gasteiger partial charge in [-0.25, -0.2) is 0 Å². The molecule has 0 spiro atoms. The number of carbonyl (C=O) groups is 1. The van der Waals surface area contributed by atoms with Crippen molar-refractivity contribution in [1.82, 2.24) is 20.5 Å². The molecule has 0 aliphatic rings. The van der Waals surface area contributed by atoms with Gasteiger partial charge in [-0.15, -0.1) is 10.2 Å². The SMILES string of the molecule is CCC(C)NC(=O)CCc1nnc(-c2cccc(C)c2)[nH]c1=O. The van der Waals surface area contributed by atoms with Gasteiger partial charge in [-0.05, 0) is 26.3 Å². The van der Waals surface area contributed by atoms with Gasteiger partial charge in [-0.2, -0.15) is 0 Å². The summed E-state index contributed by atoms with van der Waals surface area (Å²) in [6, 6.07) is 7.80. The molecule has 1 amide bonds. The van der Waals surface area contributed by atoms with Crippen molar-refractivity contribution in [2.45, 2.75) is 46.1 Å². The van der Waals surface area contributed by atoms with Crippen LogP contribution in [0.4, 0.5) is 0 Å². The highest BCUT2D eigenvalue weighted by Gasteiger charge is 2.10. The lowest BCUT2D eigenvalue weighted by molar-refractivity contribution is -0.121. The van der Waals surface area contributed by atoms with Crippen LogP contribution < -0.4 is 10.9 Å². The Morgan fingerprint density at radius 2 is 2.13 bits per heavy atom. The van der Waals surface area contributed by atoms with Crippen LogP contribution >= 0.6 is 0 Å². The summed E-state index contributed by atoms with van der Waals surface area (Å²) in [6.07, 6.45) is 1.38. The van der Waals surface area contributed by atoms with Crippen LogP contribution in [0.3, 0.4) is 0 Å². The first kappa shape index (κ1) is 16.9. The molecular formula is C17H22N4O2. The van der Waals surface area contributed by atoms with Crippen molar-refractivity contribution >= 4 is 5.91 Å². The number of rotatable bonds is 6. The lowest BCUT2D eigenvalue weighted by Crippen LogP contribution is -2.32. The number of aromatic nitrogens is 3. The van der Waals surface area contributed by atoms with Crippen molar-refractivity contribution in [2.24, 2.45) is 0 Å². The largest absolute Gasteiger partial charge is 0.354 e. The van der Waals surface area contributed by atoms with Crippen molar-refractivity contribution < 1.29 is 4.79 Å². The van der Waals surface area contributed by atoms with Crippen molar-refractivity contribution in [3.8, 4) is 11.4 Å². The topological polar surface area (TPSA) is 87.7 Å². The molecule has 1 unspecified atom stereocenters. The van der Waals surface area contributed by atoms with Crippen molar-refractivity contribution in [3.05, 3.63) is 45.9 Å². The fourth-order valence-corrected chi connectivity index (χ4v) is 2.13. The van der Waals surface area contributed by atoms with E-state index < -0.39 is 0 Å². The number of aromatic amines is 1. The first-order valence-electron chi connectivity index (χ1n) is 7.82. The van der Waals surface area contributed by atoms with Gasteiger partial charge in [0.15, 0.2) is 5.82 Å². The highest BCUT2D eigenvalue weighted by molar-refractivity contribution is 5.76. The summed E-state index contributed by atoms with van der Waals surface area (Å²) >= 11 is 0. The molecule has 6 heteroatoms. The van der Waals surface area contributed by atoms with Gasteiger partial charge in [0.1, 0.15) is 5.69 Å². The quantitative estimate of drug-likeness (QED) is 0.853. The number of nitrogens with one attached hydrogen (secondary N) is 2. The highest BCUT2D eigenvalue weighted by Crippen LogP contribution is 2.13. The molecule has 23 heavy (non-hydrogen) atoms. The molecule has 1 aromatic heterocycles. The Morgan fingerprint density at radius 3 is 2.78 bits per heavy atom. The van der Waals surface area contributed by atoms with Gasteiger partial charge < -0.3 is 10.3 Å². The molecule has 122 valence electrons. The second-order valence-electron chi connectivity index (χ2n) is 5.70. The minimum absolute atomic E-state index is 0.0803. The van der Waals surface area contributed by atoms with Gasteiger partial charge in [0.2, 0.25) is 5.91 Å². The molecule has 2 N–H and O–H groups in total. The summed E-state index contributed by atoms with van der Waals surface area (Å²) in [6.45, 7) is 5.92. The number of benzene rings is 1. The Morgan fingerprint density at radius 1 is 1.35 bits per heavy atom. The Bertz CT molecular complexity index is 739. The van der Waals surface area contributed by atoms with E-state index in [4.69, 9.17) is 0 Å². The van der Waals surface area contributed by atoms with Crippen molar-refractivity contribution in [1.29, 1.82) is 0 Å². The second kappa shape index (κ2) is 7.67. The van der Waals surface area contributed by atoms with Gasteiger partial charge >= 0.3 is 0 Å². The van der Waals surface area contributed by atoms with Crippen LogP contribution in [-0.2, 0) is 11.2 Å². The number of carbonyl (C=O) groups excluding carboxylic acids is 1. The summed E-state index contributed by atoms with van der Waals surface area (Å²) in [5.74, 6) is 0.356. The molecule has 0 aliphatic carbocycles. The standard InChI is InChI=1S/C17H22N4O2/c1-4-12(3)18-15(22)9-8-14-17(23)19-16(21-20-14)13-7-5-6-11(2)10-13/h5-7,10,12H,4,8-9H2,1-3H3,(H,18,22)(H,19,21,23). The van der Waals surface area contributed by atoms with Gasteiger partial charge in [0, 0.05) is 24.4 Å². The molecule has 1 heterocycles. The number of H-pyrrole nitrogens is 1. The van der Waals surface area contributed by atoms with Crippen LogP contribution in [0.15, 0.2) is 29.1 Å². The van der Waals surface area contributed by atoms with Crippen molar-refractivity contribution in [2.75, 3.05) is 0 Å². The summed E-state index contributed by atoms with van der Waals surface area (Å²) in [5.41, 5.74) is 1.88. The molecule has 1 aromatic carbocycles. The van der Waals surface area contributed by atoms with Gasteiger partial charge in [-0.1, -0.05) is 30.7 Å². The second-order valence-corrected chi connectivity index (χ2v) is 5.70. The zero-order chi connectivity index (χ0) is 16.8. The molecule has 0 saturated carbocycles. The van der Waals surface area contributed by atoms with E-state index in [2.05, 4.69) is 20.5 Å². The monoisotopic (exact) mass is 314 g/mol. The lowest BCUT2D eigenvalue weighted by Gasteiger charge is -2.10. The third kappa shape index (κ3) is 4.74. The third-order valence-corrected chi connectivity index (χ3v) is 3.66. The maximum absolute atomic E-state index is 12.1. The van der Waals surface area contributed by atoms with Crippen LogP contribution in [0, 0.1) is 6.92 Å². The highest BCUT2D eigenvalue weighted by atomic mass is 16.1. The van der Waals surface area contributed by atoms with Crippen LogP contribution in [-0.4, -0.2) is 27.1 Å².